The molecule has 1 aliphatic rings. The van der Waals surface area contributed by atoms with Crippen LogP contribution in [0.3, 0.4) is 0 Å². The molecule has 2 heterocycles. The molecular formula is C10H17N3O3S2. The fourth-order valence-corrected chi connectivity index (χ4v) is 5.03. The number of nitrogens with zero attached hydrogens (tertiary/aromatic N) is 2. The molecule has 1 fully saturated rings. The van der Waals surface area contributed by atoms with Gasteiger partial charge in [-0.15, -0.1) is 0 Å². The summed E-state index contributed by atoms with van der Waals surface area (Å²) in [6.45, 7) is 3.76. The number of aliphatic hydroxyl groups is 1. The Bertz CT molecular complexity index is 526. The summed E-state index contributed by atoms with van der Waals surface area (Å²) in [4.78, 5) is 0. The first kappa shape index (κ1) is 13.9. The van der Waals surface area contributed by atoms with Crippen molar-refractivity contribution in [2.75, 3.05) is 18.1 Å². The SMILES string of the molecule is Cc1[nH]nc(S(=O)(=O)N2CCSCC2C)c1CO. The van der Waals surface area contributed by atoms with Crippen LogP contribution in [0.5, 0.6) is 0 Å². The maximum Gasteiger partial charge on any atom is 0.263 e. The molecule has 1 aliphatic heterocycles. The van der Waals surface area contributed by atoms with Crippen LogP contribution in [0, 0.1) is 6.92 Å². The number of sulfonamides is 1. The molecule has 0 aliphatic carbocycles. The Hall–Kier alpha value is -0.570. The summed E-state index contributed by atoms with van der Waals surface area (Å²) in [7, 11) is -3.62. The number of hydrogen-bond acceptors (Lipinski definition) is 5. The molecule has 8 heteroatoms. The minimum absolute atomic E-state index is 0.0405. The van der Waals surface area contributed by atoms with Crippen molar-refractivity contribution in [3.8, 4) is 0 Å². The van der Waals surface area contributed by atoms with Gasteiger partial charge in [-0.25, -0.2) is 8.42 Å². The molecule has 2 N–H and O–H groups in total. The fourth-order valence-electron chi connectivity index (χ4n) is 2.01. The lowest BCUT2D eigenvalue weighted by Crippen LogP contribution is -2.44. The van der Waals surface area contributed by atoms with Crippen molar-refractivity contribution in [3.63, 3.8) is 0 Å². The van der Waals surface area contributed by atoms with Gasteiger partial charge in [-0.1, -0.05) is 0 Å². The Kier molecular flexibility index (Phi) is 4.00. The van der Waals surface area contributed by atoms with Crippen molar-refractivity contribution in [1.82, 2.24) is 14.5 Å². The number of nitrogens with one attached hydrogen (secondary N) is 1. The predicted molar refractivity (Wildman–Crippen MR) is 69.9 cm³/mol. The van der Waals surface area contributed by atoms with Crippen LogP contribution in [0.15, 0.2) is 5.03 Å². The third-order valence-electron chi connectivity index (χ3n) is 3.05. The number of aliphatic hydroxyl groups excluding tert-OH is 1. The zero-order valence-corrected chi connectivity index (χ0v) is 12.0. The van der Waals surface area contributed by atoms with E-state index in [2.05, 4.69) is 10.2 Å². The van der Waals surface area contributed by atoms with Gasteiger partial charge in [-0.3, -0.25) is 5.10 Å². The molecule has 1 atom stereocenters. The molecule has 1 saturated heterocycles. The first-order valence-corrected chi connectivity index (χ1v) is 8.32. The van der Waals surface area contributed by atoms with Crippen LogP contribution in [0.2, 0.25) is 0 Å². The number of thioether (sulfide) groups is 1. The van der Waals surface area contributed by atoms with Gasteiger partial charge in [0.05, 0.1) is 6.61 Å². The zero-order valence-electron chi connectivity index (χ0n) is 10.4. The normalized spacial score (nSPS) is 22.3. The van der Waals surface area contributed by atoms with Crippen molar-refractivity contribution in [3.05, 3.63) is 11.3 Å². The van der Waals surface area contributed by atoms with E-state index in [-0.39, 0.29) is 17.7 Å². The monoisotopic (exact) mass is 291 g/mol. The summed E-state index contributed by atoms with van der Waals surface area (Å²) in [5.74, 6) is 1.58. The number of H-pyrrole nitrogens is 1. The van der Waals surface area contributed by atoms with Crippen molar-refractivity contribution in [1.29, 1.82) is 0 Å². The van der Waals surface area contributed by atoms with Gasteiger partial charge in [0.2, 0.25) is 0 Å². The highest BCUT2D eigenvalue weighted by atomic mass is 32.2. The molecule has 0 amide bonds. The summed E-state index contributed by atoms with van der Waals surface area (Å²) in [6.07, 6.45) is 0. The first-order chi connectivity index (χ1) is 8.48. The van der Waals surface area contributed by atoms with Gasteiger partial charge in [-0.2, -0.15) is 21.2 Å². The lowest BCUT2D eigenvalue weighted by Gasteiger charge is -2.31. The Morgan fingerprint density at radius 3 is 2.94 bits per heavy atom. The molecule has 18 heavy (non-hydrogen) atoms. The number of aromatic amines is 1. The summed E-state index contributed by atoms with van der Waals surface area (Å²) in [5.41, 5.74) is 0.954. The van der Waals surface area contributed by atoms with Gasteiger partial charge >= 0.3 is 0 Å². The van der Waals surface area contributed by atoms with Gasteiger partial charge < -0.3 is 5.11 Å². The van der Waals surface area contributed by atoms with E-state index < -0.39 is 10.0 Å². The average molecular weight is 291 g/mol. The van der Waals surface area contributed by atoms with Crippen LogP contribution in [0.25, 0.3) is 0 Å². The molecule has 102 valence electrons. The van der Waals surface area contributed by atoms with Crippen LogP contribution < -0.4 is 0 Å². The molecule has 0 saturated carbocycles. The molecule has 1 aromatic heterocycles. The number of hydrogen-bond donors (Lipinski definition) is 2. The van der Waals surface area contributed by atoms with Crippen molar-refractivity contribution in [2.24, 2.45) is 0 Å². The van der Waals surface area contributed by atoms with Crippen LogP contribution in [-0.2, 0) is 16.6 Å². The van der Waals surface area contributed by atoms with Gasteiger partial charge in [0.1, 0.15) is 0 Å². The molecular weight excluding hydrogens is 274 g/mol. The van der Waals surface area contributed by atoms with Gasteiger partial charge in [0.15, 0.2) is 5.03 Å². The van der Waals surface area contributed by atoms with E-state index in [0.29, 0.717) is 17.8 Å². The maximum absolute atomic E-state index is 12.5. The van der Waals surface area contributed by atoms with Crippen LogP contribution in [0.4, 0.5) is 0 Å². The molecule has 1 unspecified atom stereocenters. The standard InChI is InChI=1S/C10H17N3O3S2/c1-7-6-17-4-3-13(7)18(15,16)10-9(5-14)8(2)11-12-10/h7,14H,3-6H2,1-2H3,(H,11,12). The smallest absolute Gasteiger partial charge is 0.263 e. The zero-order chi connectivity index (χ0) is 13.3. The molecule has 2 rings (SSSR count). The molecule has 6 nitrogen and oxygen atoms in total. The number of aryl methyl sites for hydroxylation is 1. The molecule has 1 aromatic rings. The van der Waals surface area contributed by atoms with Crippen LogP contribution >= 0.6 is 11.8 Å². The lowest BCUT2D eigenvalue weighted by molar-refractivity contribution is 0.276. The molecule has 0 radical (unpaired) electrons. The third-order valence-corrected chi connectivity index (χ3v) is 6.23. The summed E-state index contributed by atoms with van der Waals surface area (Å²) >= 11 is 1.75. The predicted octanol–water partition coefficient (Wildman–Crippen LogP) is 0.336. The summed E-state index contributed by atoms with van der Waals surface area (Å²) in [5, 5.41) is 15.7. The Labute approximate surface area is 111 Å². The van der Waals surface area contributed by atoms with Gasteiger partial charge in [-0.05, 0) is 13.8 Å². The average Bonchev–Trinajstić information content (AvgIpc) is 2.71. The van der Waals surface area contributed by atoms with Crippen LogP contribution in [-0.4, -0.2) is 52.1 Å². The Morgan fingerprint density at radius 1 is 1.61 bits per heavy atom. The van der Waals surface area contributed by atoms with Crippen LogP contribution in [0.1, 0.15) is 18.2 Å². The van der Waals surface area contributed by atoms with E-state index in [9.17, 15) is 13.5 Å². The lowest BCUT2D eigenvalue weighted by atomic mass is 10.3. The highest BCUT2D eigenvalue weighted by Gasteiger charge is 2.35. The molecule has 0 bridgehead atoms. The van der Waals surface area contributed by atoms with E-state index in [1.165, 1.54) is 4.31 Å². The quantitative estimate of drug-likeness (QED) is 0.838. The van der Waals surface area contributed by atoms with E-state index in [0.717, 1.165) is 11.5 Å². The summed E-state index contributed by atoms with van der Waals surface area (Å²) in [6, 6.07) is -0.0442. The van der Waals surface area contributed by atoms with Gasteiger partial charge in [0.25, 0.3) is 10.0 Å². The van der Waals surface area contributed by atoms with E-state index in [1.807, 2.05) is 6.92 Å². The van der Waals surface area contributed by atoms with E-state index >= 15 is 0 Å². The third kappa shape index (κ3) is 2.29. The van der Waals surface area contributed by atoms with E-state index in [1.54, 1.807) is 18.7 Å². The topological polar surface area (TPSA) is 86.3 Å². The largest absolute Gasteiger partial charge is 0.392 e. The van der Waals surface area contributed by atoms with Crippen molar-refractivity contribution in [2.45, 2.75) is 31.5 Å². The second-order valence-corrected chi connectivity index (χ2v) is 7.29. The van der Waals surface area contributed by atoms with Crippen molar-refractivity contribution < 1.29 is 13.5 Å². The fraction of sp³-hybridized carbons (Fsp3) is 0.700. The second-order valence-electron chi connectivity index (χ2n) is 4.33. The van der Waals surface area contributed by atoms with Crippen molar-refractivity contribution >= 4 is 21.8 Å². The van der Waals surface area contributed by atoms with Gasteiger partial charge in [0, 0.05) is 35.3 Å². The molecule has 0 spiro atoms. The highest BCUT2D eigenvalue weighted by molar-refractivity contribution is 7.99. The minimum Gasteiger partial charge on any atom is -0.392 e. The summed E-state index contributed by atoms with van der Waals surface area (Å²) < 4.78 is 26.5. The minimum atomic E-state index is -3.62. The first-order valence-electron chi connectivity index (χ1n) is 5.72. The highest BCUT2D eigenvalue weighted by Crippen LogP contribution is 2.26. The number of aromatic nitrogens is 2. The molecule has 0 aromatic carbocycles. The Balaban J connectivity index is 2.41. The second kappa shape index (κ2) is 5.20. The Morgan fingerprint density at radius 2 is 2.33 bits per heavy atom. The maximum atomic E-state index is 12.5. The van der Waals surface area contributed by atoms with E-state index in [4.69, 9.17) is 0 Å². The number of rotatable bonds is 3.